The minimum Gasteiger partial charge on any atom is -0.305 e. The maximum Gasteiger partial charge on any atom is 0.0795 e. The average molecular weight is 733 g/mol. The molecule has 0 fully saturated rings. The maximum atomic E-state index is 4.57. The van der Waals surface area contributed by atoms with Crippen LogP contribution in [-0.2, 0) is 25.5 Å². The van der Waals surface area contributed by atoms with Gasteiger partial charge in [0.15, 0.2) is 0 Å². The molecule has 1 atom stereocenters. The zero-order chi connectivity index (χ0) is 28.8. The fraction of sp³-hybridized carbons (Fsp3) is 0.243. The molecule has 0 saturated carbocycles. The topological polar surface area (TPSA) is 25.8 Å². The Hall–Kier alpha value is -3.17. The first-order chi connectivity index (χ1) is 19.0. The standard InChI is InChI=1S/C23H24N.C14H16NSi.Ir/c1-17(18-9-6-5-7-10-18)19-11-8-12-20(15-19)22-16-21(13-14-24-22)23(2,3)4;1-16(2,3)13-9-10-14(15-11-13)12-7-5-4-6-8-12;/h5-11,13-17H,1-4H3;4-7,9-11H,1-3H3;/q2*-1;. The molecular formula is C37H40IrN2Si-2. The predicted octanol–water partition coefficient (Wildman–Crippen LogP) is 9.09. The first-order valence-electron chi connectivity index (χ1n) is 14.0. The SMILES string of the molecule is CC(c1ccccc1)c1cc[c-]c(-c2cc(C(C)(C)C)ccn2)c1.C[Si](C)(C)c1ccc(-c2[c-]cccc2)nc1.[Ir]. The summed E-state index contributed by atoms with van der Waals surface area (Å²) in [4.78, 5) is 9.08. The van der Waals surface area contributed by atoms with E-state index >= 15 is 0 Å². The minimum absolute atomic E-state index is 0. The first-order valence-corrected chi connectivity index (χ1v) is 17.5. The summed E-state index contributed by atoms with van der Waals surface area (Å²) in [6, 6.07) is 40.0. The van der Waals surface area contributed by atoms with Crippen LogP contribution in [0.5, 0.6) is 0 Å². The third-order valence-electron chi connectivity index (χ3n) is 7.14. The Morgan fingerprint density at radius 2 is 1.39 bits per heavy atom. The zero-order valence-corrected chi connectivity index (χ0v) is 28.6. The molecule has 3 aromatic carbocycles. The molecule has 1 radical (unpaired) electrons. The number of pyridine rings is 2. The summed E-state index contributed by atoms with van der Waals surface area (Å²) in [5.41, 5.74) is 8.14. The Morgan fingerprint density at radius 3 is 2.00 bits per heavy atom. The van der Waals surface area contributed by atoms with E-state index < -0.39 is 8.07 Å². The first kappa shape index (κ1) is 32.3. The fourth-order valence-corrected chi connectivity index (χ4v) is 5.46. The van der Waals surface area contributed by atoms with Gasteiger partial charge in [-0.25, -0.2) is 0 Å². The van der Waals surface area contributed by atoms with E-state index in [2.05, 4.69) is 136 Å². The van der Waals surface area contributed by atoms with E-state index in [9.17, 15) is 0 Å². The summed E-state index contributed by atoms with van der Waals surface area (Å²) < 4.78 is 0. The Kier molecular flexibility index (Phi) is 11.2. The third kappa shape index (κ3) is 8.90. The molecule has 41 heavy (non-hydrogen) atoms. The van der Waals surface area contributed by atoms with Crippen LogP contribution in [0.3, 0.4) is 0 Å². The summed E-state index contributed by atoms with van der Waals surface area (Å²) >= 11 is 0. The van der Waals surface area contributed by atoms with Crippen molar-refractivity contribution in [3.63, 3.8) is 0 Å². The van der Waals surface area contributed by atoms with Crippen LogP contribution in [0.15, 0.2) is 109 Å². The van der Waals surface area contributed by atoms with E-state index in [1.807, 2.05) is 42.7 Å². The van der Waals surface area contributed by atoms with E-state index in [4.69, 9.17) is 0 Å². The summed E-state index contributed by atoms with van der Waals surface area (Å²) in [7, 11) is -1.23. The van der Waals surface area contributed by atoms with Crippen LogP contribution in [-0.4, -0.2) is 18.0 Å². The number of hydrogen-bond donors (Lipinski definition) is 0. The largest absolute Gasteiger partial charge is 0.305 e. The third-order valence-corrected chi connectivity index (χ3v) is 9.17. The Morgan fingerprint density at radius 1 is 0.683 bits per heavy atom. The van der Waals surface area contributed by atoms with Crippen molar-refractivity contribution < 1.29 is 20.1 Å². The van der Waals surface area contributed by atoms with Crippen molar-refractivity contribution in [1.82, 2.24) is 9.97 Å². The van der Waals surface area contributed by atoms with E-state index in [-0.39, 0.29) is 25.5 Å². The number of aromatic nitrogens is 2. The fourth-order valence-electron chi connectivity index (χ4n) is 4.43. The van der Waals surface area contributed by atoms with Crippen molar-refractivity contribution in [3.8, 4) is 22.5 Å². The van der Waals surface area contributed by atoms with Gasteiger partial charge >= 0.3 is 0 Å². The van der Waals surface area contributed by atoms with Crippen LogP contribution in [0.25, 0.3) is 22.5 Å². The van der Waals surface area contributed by atoms with E-state index in [0.29, 0.717) is 5.92 Å². The van der Waals surface area contributed by atoms with Gasteiger partial charge < -0.3 is 9.97 Å². The number of rotatable bonds is 5. The molecule has 2 nitrogen and oxygen atoms in total. The van der Waals surface area contributed by atoms with Gasteiger partial charge in [-0.15, -0.1) is 71.3 Å². The Balaban J connectivity index is 0.000000238. The van der Waals surface area contributed by atoms with Gasteiger partial charge in [-0.3, -0.25) is 0 Å². The van der Waals surface area contributed by atoms with Crippen LogP contribution in [0.2, 0.25) is 19.6 Å². The van der Waals surface area contributed by atoms with Crippen LogP contribution >= 0.6 is 0 Å². The van der Waals surface area contributed by atoms with Crippen molar-refractivity contribution in [3.05, 3.63) is 138 Å². The van der Waals surface area contributed by atoms with Gasteiger partial charge in [0.1, 0.15) is 0 Å². The molecule has 0 aliphatic carbocycles. The number of nitrogens with zero attached hydrogens (tertiary/aromatic N) is 2. The molecule has 0 aliphatic heterocycles. The second-order valence-electron chi connectivity index (χ2n) is 12.3. The molecule has 213 valence electrons. The van der Waals surface area contributed by atoms with Crippen LogP contribution < -0.4 is 5.19 Å². The van der Waals surface area contributed by atoms with Crippen molar-refractivity contribution in [2.45, 2.75) is 58.7 Å². The van der Waals surface area contributed by atoms with Crippen LogP contribution in [0.4, 0.5) is 0 Å². The van der Waals surface area contributed by atoms with E-state index in [1.165, 1.54) is 21.9 Å². The van der Waals surface area contributed by atoms with Gasteiger partial charge in [-0.1, -0.05) is 95.9 Å². The summed E-state index contributed by atoms with van der Waals surface area (Å²) in [5.74, 6) is 0.352. The summed E-state index contributed by atoms with van der Waals surface area (Å²) in [6.45, 7) is 15.9. The van der Waals surface area contributed by atoms with Crippen molar-refractivity contribution in [2.24, 2.45) is 0 Å². The molecule has 4 heteroatoms. The van der Waals surface area contributed by atoms with E-state index in [0.717, 1.165) is 22.5 Å². The van der Waals surface area contributed by atoms with Crippen LogP contribution in [0, 0.1) is 12.1 Å². The number of hydrogen-bond acceptors (Lipinski definition) is 2. The zero-order valence-electron chi connectivity index (χ0n) is 25.2. The molecule has 2 heterocycles. The second kappa shape index (κ2) is 14.1. The number of benzene rings is 3. The van der Waals surface area contributed by atoms with Gasteiger partial charge in [-0.05, 0) is 45.1 Å². The van der Waals surface area contributed by atoms with Crippen molar-refractivity contribution in [1.29, 1.82) is 0 Å². The summed E-state index contributed by atoms with van der Waals surface area (Å²) in [5, 5.41) is 1.40. The van der Waals surface area contributed by atoms with Crippen molar-refractivity contribution in [2.75, 3.05) is 0 Å². The molecule has 5 rings (SSSR count). The van der Waals surface area contributed by atoms with Gasteiger partial charge in [0.05, 0.1) is 8.07 Å². The molecular weight excluding hydrogens is 693 g/mol. The van der Waals surface area contributed by atoms with Gasteiger partial charge in [0, 0.05) is 32.5 Å². The maximum absolute atomic E-state index is 4.57. The molecule has 0 bridgehead atoms. The molecule has 0 N–H and O–H groups in total. The molecule has 1 unspecified atom stereocenters. The summed E-state index contributed by atoms with van der Waals surface area (Å²) in [6.07, 6.45) is 3.92. The Labute approximate surface area is 261 Å². The monoisotopic (exact) mass is 733 g/mol. The normalized spacial score (nSPS) is 12.0. The van der Waals surface area contributed by atoms with Gasteiger partial charge in [0.2, 0.25) is 0 Å². The average Bonchev–Trinajstić information content (AvgIpc) is 2.97. The molecule has 0 amide bonds. The smallest absolute Gasteiger partial charge is 0.0795 e. The molecule has 0 saturated heterocycles. The van der Waals surface area contributed by atoms with Crippen molar-refractivity contribution >= 4 is 13.3 Å². The molecule has 0 spiro atoms. The van der Waals surface area contributed by atoms with Crippen LogP contribution in [0.1, 0.15) is 50.3 Å². The van der Waals surface area contributed by atoms with E-state index in [1.54, 1.807) is 0 Å². The predicted molar refractivity (Wildman–Crippen MR) is 173 cm³/mol. The molecule has 5 aromatic rings. The minimum atomic E-state index is -1.23. The second-order valence-corrected chi connectivity index (χ2v) is 17.4. The quantitative estimate of drug-likeness (QED) is 0.133. The van der Waals surface area contributed by atoms with Gasteiger partial charge in [0.25, 0.3) is 0 Å². The van der Waals surface area contributed by atoms with Gasteiger partial charge in [-0.2, -0.15) is 0 Å². The molecule has 2 aromatic heterocycles. The Bertz CT molecular complexity index is 1500. The molecule has 0 aliphatic rings.